The molecule has 1 spiro atoms. The van der Waals surface area contributed by atoms with E-state index in [-0.39, 0.29) is 12.1 Å². The highest BCUT2D eigenvalue weighted by Gasteiger charge is 2.53. The Kier molecular flexibility index (Phi) is 5.90. The van der Waals surface area contributed by atoms with Crippen LogP contribution in [0.2, 0.25) is 0 Å². The fourth-order valence-corrected chi connectivity index (χ4v) is 5.36. The van der Waals surface area contributed by atoms with Gasteiger partial charge < -0.3 is 20.3 Å². The molecule has 0 aliphatic heterocycles. The van der Waals surface area contributed by atoms with Crippen molar-refractivity contribution >= 4 is 23.7 Å². The molecule has 0 atom stereocenters. The molecule has 0 bridgehead atoms. The average Bonchev–Trinajstić information content (AvgIpc) is 3.44. The Hall–Kier alpha value is -2.84. The second kappa shape index (κ2) is 8.74. The molecule has 5 rings (SSSR count). The minimum absolute atomic E-state index is 0.146. The van der Waals surface area contributed by atoms with Crippen LogP contribution >= 0.6 is 0 Å². The summed E-state index contributed by atoms with van der Waals surface area (Å²) < 4.78 is 5.39. The number of H-pyrrole nitrogens is 1. The molecule has 9 nitrogen and oxygen atoms in total. The van der Waals surface area contributed by atoms with E-state index < -0.39 is 5.60 Å². The van der Waals surface area contributed by atoms with Crippen molar-refractivity contribution in [1.29, 1.82) is 0 Å². The van der Waals surface area contributed by atoms with Gasteiger partial charge in [-0.3, -0.25) is 5.10 Å². The van der Waals surface area contributed by atoms with Crippen LogP contribution in [0.15, 0.2) is 18.3 Å². The molecule has 0 saturated heterocycles. The lowest BCUT2D eigenvalue weighted by atomic mass is 9.70. The van der Waals surface area contributed by atoms with Crippen molar-refractivity contribution in [2.75, 3.05) is 17.3 Å². The highest BCUT2D eigenvalue weighted by molar-refractivity contribution is 5.68. The van der Waals surface area contributed by atoms with Gasteiger partial charge in [0.15, 0.2) is 5.82 Å². The Morgan fingerprint density at radius 3 is 2.59 bits per heavy atom. The number of aromatic nitrogens is 4. The molecule has 0 radical (unpaired) electrons. The van der Waals surface area contributed by atoms with Crippen LogP contribution in [0.5, 0.6) is 0 Å². The number of carbonyl (C=O) groups is 1. The van der Waals surface area contributed by atoms with E-state index in [1.54, 1.807) is 6.20 Å². The summed E-state index contributed by atoms with van der Waals surface area (Å²) in [6.07, 6.45) is 10.6. The van der Waals surface area contributed by atoms with Crippen LogP contribution < -0.4 is 15.5 Å². The number of hydrogen-bond donors (Lipinski definition) is 3. The Balaban J connectivity index is 1.13. The van der Waals surface area contributed by atoms with E-state index in [9.17, 15) is 4.79 Å². The van der Waals surface area contributed by atoms with Crippen molar-refractivity contribution in [1.82, 2.24) is 25.5 Å². The van der Waals surface area contributed by atoms with E-state index >= 15 is 0 Å². The minimum atomic E-state index is -0.480. The SMILES string of the molecule is CN(c1nccc(Nc2cc(C3CC4(CC4)C3)[nH]n2)n1)[C@H]1CC[C@H](NC(=O)OC(C)(C)C)CC1. The Morgan fingerprint density at radius 1 is 1.18 bits per heavy atom. The molecule has 3 aliphatic carbocycles. The first-order valence-corrected chi connectivity index (χ1v) is 12.6. The van der Waals surface area contributed by atoms with Gasteiger partial charge in [0.05, 0.1) is 0 Å². The number of nitrogens with zero attached hydrogens (tertiary/aromatic N) is 4. The molecule has 9 heteroatoms. The first kappa shape index (κ1) is 22.9. The molecule has 0 unspecified atom stereocenters. The van der Waals surface area contributed by atoms with Gasteiger partial charge in [0.2, 0.25) is 5.95 Å². The predicted molar refractivity (Wildman–Crippen MR) is 131 cm³/mol. The molecule has 2 aromatic heterocycles. The van der Waals surface area contributed by atoms with E-state index in [0.717, 1.165) is 37.3 Å². The first-order chi connectivity index (χ1) is 16.2. The van der Waals surface area contributed by atoms with Crippen LogP contribution in [0.1, 0.15) is 83.7 Å². The molecular formula is C25H37N7O2. The summed E-state index contributed by atoms with van der Waals surface area (Å²) in [7, 11) is 2.04. The molecule has 2 heterocycles. The maximum atomic E-state index is 12.1. The van der Waals surface area contributed by atoms with Crippen LogP contribution in [0, 0.1) is 5.41 Å². The monoisotopic (exact) mass is 467 g/mol. The van der Waals surface area contributed by atoms with Crippen LogP contribution in [-0.2, 0) is 4.74 Å². The maximum Gasteiger partial charge on any atom is 0.407 e. The quantitative estimate of drug-likeness (QED) is 0.556. The zero-order valence-corrected chi connectivity index (χ0v) is 20.7. The van der Waals surface area contributed by atoms with E-state index in [2.05, 4.69) is 36.8 Å². The number of rotatable bonds is 6. The van der Waals surface area contributed by atoms with E-state index in [0.29, 0.717) is 23.3 Å². The van der Waals surface area contributed by atoms with Crippen molar-refractivity contribution < 1.29 is 9.53 Å². The molecule has 2 aromatic rings. The first-order valence-electron chi connectivity index (χ1n) is 12.6. The Bertz CT molecular complexity index is 1010. The van der Waals surface area contributed by atoms with Crippen molar-refractivity contribution in [2.45, 2.75) is 95.7 Å². The molecule has 0 aromatic carbocycles. The topological polar surface area (TPSA) is 108 Å². The average molecular weight is 468 g/mol. The van der Waals surface area contributed by atoms with Gasteiger partial charge in [-0.15, -0.1) is 0 Å². The zero-order valence-electron chi connectivity index (χ0n) is 20.7. The van der Waals surface area contributed by atoms with Crippen molar-refractivity contribution in [3.63, 3.8) is 0 Å². The lowest BCUT2D eigenvalue weighted by Gasteiger charge is -2.35. The fraction of sp³-hybridized carbons (Fsp3) is 0.680. The zero-order chi connectivity index (χ0) is 23.9. The Labute approximate surface area is 201 Å². The van der Waals surface area contributed by atoms with Gasteiger partial charge in [0.25, 0.3) is 0 Å². The Morgan fingerprint density at radius 2 is 1.91 bits per heavy atom. The van der Waals surface area contributed by atoms with Gasteiger partial charge in [-0.25, -0.2) is 9.78 Å². The summed E-state index contributed by atoms with van der Waals surface area (Å²) in [6.45, 7) is 5.64. The van der Waals surface area contributed by atoms with E-state index in [1.807, 2.05) is 33.9 Å². The van der Waals surface area contributed by atoms with Gasteiger partial charge in [-0.2, -0.15) is 10.1 Å². The third kappa shape index (κ3) is 5.28. The summed E-state index contributed by atoms with van der Waals surface area (Å²) in [6, 6.07) is 4.46. The summed E-state index contributed by atoms with van der Waals surface area (Å²) in [5.74, 6) is 2.85. The molecule has 3 aliphatic rings. The molecule has 3 fully saturated rings. The highest BCUT2D eigenvalue weighted by atomic mass is 16.6. The fourth-order valence-electron chi connectivity index (χ4n) is 5.36. The smallest absolute Gasteiger partial charge is 0.407 e. The lowest BCUT2D eigenvalue weighted by molar-refractivity contribution is 0.0491. The normalized spacial score (nSPS) is 23.8. The number of hydrogen-bond acceptors (Lipinski definition) is 7. The van der Waals surface area contributed by atoms with Crippen LogP contribution in [0.4, 0.5) is 22.4 Å². The summed E-state index contributed by atoms with van der Waals surface area (Å²) in [5.41, 5.74) is 1.43. The lowest BCUT2D eigenvalue weighted by Crippen LogP contribution is -2.44. The van der Waals surface area contributed by atoms with Gasteiger partial charge >= 0.3 is 6.09 Å². The summed E-state index contributed by atoms with van der Waals surface area (Å²) >= 11 is 0. The molecule has 3 N–H and O–H groups in total. The number of amides is 1. The molecule has 184 valence electrons. The second-order valence-corrected chi connectivity index (χ2v) is 11.4. The number of carbonyl (C=O) groups excluding carboxylic acids is 1. The van der Waals surface area contributed by atoms with Gasteiger partial charge in [0, 0.05) is 43.0 Å². The molecule has 34 heavy (non-hydrogen) atoms. The number of ether oxygens (including phenoxy) is 1. The van der Waals surface area contributed by atoms with Gasteiger partial charge in [-0.05, 0) is 83.6 Å². The van der Waals surface area contributed by atoms with Gasteiger partial charge in [0.1, 0.15) is 11.4 Å². The standard InChI is InChI=1S/C25H37N7O2/c1-24(2,3)34-23(33)27-17-5-7-18(8-6-17)32(4)22-26-12-9-20(29-22)28-21-13-19(30-31-21)16-14-25(15-16)10-11-25/h9,12-13,16-18H,5-8,10-11,14-15H2,1-4H3,(H,27,33)(H2,26,28,29,30,31)/t17-,18-. The van der Waals surface area contributed by atoms with Crippen molar-refractivity contribution in [3.05, 3.63) is 24.0 Å². The third-order valence-electron chi connectivity index (χ3n) is 7.53. The number of anilines is 3. The summed E-state index contributed by atoms with van der Waals surface area (Å²) in [5, 5.41) is 14.0. The molecule has 1 amide bonds. The minimum Gasteiger partial charge on any atom is -0.444 e. The van der Waals surface area contributed by atoms with Gasteiger partial charge in [-0.1, -0.05) is 0 Å². The number of nitrogens with one attached hydrogen (secondary N) is 3. The second-order valence-electron chi connectivity index (χ2n) is 11.4. The number of alkyl carbamates (subject to hydrolysis) is 1. The largest absolute Gasteiger partial charge is 0.444 e. The molecular weight excluding hydrogens is 430 g/mol. The van der Waals surface area contributed by atoms with Crippen LogP contribution in [0.25, 0.3) is 0 Å². The van der Waals surface area contributed by atoms with Crippen molar-refractivity contribution in [2.24, 2.45) is 5.41 Å². The summed E-state index contributed by atoms with van der Waals surface area (Å²) in [4.78, 5) is 23.4. The van der Waals surface area contributed by atoms with Crippen LogP contribution in [0.3, 0.4) is 0 Å². The predicted octanol–water partition coefficient (Wildman–Crippen LogP) is 4.87. The van der Waals surface area contributed by atoms with Crippen LogP contribution in [-0.4, -0.2) is 51.0 Å². The van der Waals surface area contributed by atoms with Crippen molar-refractivity contribution in [3.8, 4) is 0 Å². The molecule has 3 saturated carbocycles. The highest BCUT2D eigenvalue weighted by Crippen LogP contribution is 2.66. The number of aromatic amines is 1. The third-order valence-corrected chi connectivity index (χ3v) is 7.53. The maximum absolute atomic E-state index is 12.1. The van der Waals surface area contributed by atoms with E-state index in [1.165, 1.54) is 31.4 Å². The van der Waals surface area contributed by atoms with E-state index in [4.69, 9.17) is 9.72 Å².